The Hall–Kier alpha value is -1.16. The smallest absolute Gasteiger partial charge is 0.0567 e. The Morgan fingerprint density at radius 2 is 2.00 bits per heavy atom. The minimum Gasteiger partial charge on any atom is -0.329 e. The molecule has 20 heavy (non-hydrogen) atoms. The number of hydrogen-bond donors (Lipinski definition) is 1. The van der Waals surface area contributed by atoms with E-state index in [1.54, 1.807) is 0 Å². The van der Waals surface area contributed by atoms with Crippen molar-refractivity contribution >= 4 is 11.3 Å². The topological polar surface area (TPSA) is 29.3 Å². The standard InChI is InChI=1S/C17H22N2S/c1-13-8-9-17(20-13)16(11-18)19-10-4-7-14-5-2-3-6-15(14)12-19/h2-3,5-6,8-9,16H,4,7,10-12,18H2,1H3. The van der Waals surface area contributed by atoms with Gasteiger partial charge in [0.15, 0.2) is 0 Å². The molecule has 2 heterocycles. The molecule has 0 spiro atoms. The van der Waals surface area contributed by atoms with Crippen LogP contribution < -0.4 is 5.73 Å². The molecular formula is C17H22N2S. The van der Waals surface area contributed by atoms with Crippen LogP contribution in [-0.4, -0.2) is 18.0 Å². The van der Waals surface area contributed by atoms with E-state index in [4.69, 9.17) is 5.73 Å². The van der Waals surface area contributed by atoms with Gasteiger partial charge in [-0.15, -0.1) is 11.3 Å². The SMILES string of the molecule is Cc1ccc(C(CN)N2CCCc3ccccc3C2)s1. The zero-order valence-corrected chi connectivity index (χ0v) is 12.8. The van der Waals surface area contributed by atoms with Gasteiger partial charge in [0.1, 0.15) is 0 Å². The molecule has 0 bridgehead atoms. The summed E-state index contributed by atoms with van der Waals surface area (Å²) in [6.07, 6.45) is 2.41. The molecule has 2 aromatic rings. The highest BCUT2D eigenvalue weighted by atomic mass is 32.1. The summed E-state index contributed by atoms with van der Waals surface area (Å²) < 4.78 is 0. The molecule has 1 aliphatic rings. The van der Waals surface area contributed by atoms with Crippen LogP contribution in [0.1, 0.15) is 33.3 Å². The van der Waals surface area contributed by atoms with Crippen molar-refractivity contribution in [3.8, 4) is 0 Å². The van der Waals surface area contributed by atoms with Crippen LogP contribution in [0.4, 0.5) is 0 Å². The summed E-state index contributed by atoms with van der Waals surface area (Å²) in [5, 5.41) is 0. The van der Waals surface area contributed by atoms with Gasteiger partial charge in [-0.3, -0.25) is 4.90 Å². The Labute approximate surface area is 125 Å². The summed E-state index contributed by atoms with van der Waals surface area (Å²) >= 11 is 1.88. The van der Waals surface area contributed by atoms with Crippen molar-refractivity contribution in [2.24, 2.45) is 5.73 Å². The first-order valence-corrected chi connectivity index (χ1v) is 8.17. The monoisotopic (exact) mass is 286 g/mol. The number of thiophene rings is 1. The first-order chi connectivity index (χ1) is 9.78. The largest absolute Gasteiger partial charge is 0.329 e. The van der Waals surface area contributed by atoms with E-state index >= 15 is 0 Å². The second-order valence-corrected chi connectivity index (χ2v) is 6.86. The summed E-state index contributed by atoms with van der Waals surface area (Å²) in [7, 11) is 0. The predicted octanol–water partition coefficient (Wildman–Crippen LogP) is 3.50. The van der Waals surface area contributed by atoms with Gasteiger partial charge in [0.25, 0.3) is 0 Å². The maximum Gasteiger partial charge on any atom is 0.0567 e. The van der Waals surface area contributed by atoms with Crippen LogP contribution in [0.2, 0.25) is 0 Å². The normalized spacial score (nSPS) is 17.5. The summed E-state index contributed by atoms with van der Waals surface area (Å²) in [5.41, 5.74) is 9.06. The molecule has 0 fully saturated rings. The van der Waals surface area contributed by atoms with Gasteiger partial charge >= 0.3 is 0 Å². The lowest BCUT2D eigenvalue weighted by molar-refractivity contribution is 0.198. The van der Waals surface area contributed by atoms with Gasteiger partial charge in [-0.05, 0) is 49.6 Å². The molecule has 1 atom stereocenters. The quantitative estimate of drug-likeness (QED) is 0.935. The van der Waals surface area contributed by atoms with Crippen molar-refractivity contribution in [2.45, 2.75) is 32.4 Å². The molecule has 3 heteroatoms. The molecule has 0 aliphatic carbocycles. The molecule has 0 amide bonds. The molecule has 106 valence electrons. The van der Waals surface area contributed by atoms with Gasteiger partial charge in [-0.1, -0.05) is 24.3 Å². The third-order valence-electron chi connectivity index (χ3n) is 4.14. The highest BCUT2D eigenvalue weighted by Gasteiger charge is 2.23. The van der Waals surface area contributed by atoms with Crippen molar-refractivity contribution in [1.29, 1.82) is 0 Å². The lowest BCUT2D eigenvalue weighted by Crippen LogP contribution is -2.33. The van der Waals surface area contributed by atoms with E-state index in [0.29, 0.717) is 12.6 Å². The lowest BCUT2D eigenvalue weighted by Gasteiger charge is -2.29. The fraction of sp³-hybridized carbons (Fsp3) is 0.412. The minimum absolute atomic E-state index is 0.361. The van der Waals surface area contributed by atoms with Crippen molar-refractivity contribution < 1.29 is 0 Å². The van der Waals surface area contributed by atoms with Crippen LogP contribution in [0, 0.1) is 6.92 Å². The molecule has 0 saturated carbocycles. The number of rotatable bonds is 3. The van der Waals surface area contributed by atoms with Gasteiger partial charge in [0.2, 0.25) is 0 Å². The molecule has 1 unspecified atom stereocenters. The minimum atomic E-state index is 0.361. The number of hydrogen-bond acceptors (Lipinski definition) is 3. The first-order valence-electron chi connectivity index (χ1n) is 7.35. The molecule has 2 nitrogen and oxygen atoms in total. The Morgan fingerprint density at radius 3 is 2.70 bits per heavy atom. The molecule has 2 N–H and O–H groups in total. The van der Waals surface area contributed by atoms with Crippen LogP contribution in [0.5, 0.6) is 0 Å². The maximum atomic E-state index is 6.08. The first kappa shape index (κ1) is 13.8. The van der Waals surface area contributed by atoms with Crippen molar-refractivity contribution in [3.05, 3.63) is 57.3 Å². The Bertz CT molecular complexity index is 576. The van der Waals surface area contributed by atoms with Gasteiger partial charge in [0.05, 0.1) is 6.04 Å². The zero-order valence-electron chi connectivity index (χ0n) is 12.0. The van der Waals surface area contributed by atoms with Crippen molar-refractivity contribution in [3.63, 3.8) is 0 Å². The van der Waals surface area contributed by atoms with E-state index in [0.717, 1.165) is 13.1 Å². The highest BCUT2D eigenvalue weighted by molar-refractivity contribution is 7.12. The van der Waals surface area contributed by atoms with Crippen LogP contribution in [-0.2, 0) is 13.0 Å². The number of benzene rings is 1. The molecule has 1 aliphatic heterocycles. The van der Waals surface area contributed by atoms with Gasteiger partial charge < -0.3 is 5.73 Å². The second-order valence-electron chi connectivity index (χ2n) is 5.54. The summed E-state index contributed by atoms with van der Waals surface area (Å²) in [6, 6.07) is 13.6. The fourth-order valence-corrected chi connectivity index (χ4v) is 4.10. The Balaban J connectivity index is 1.86. The second kappa shape index (κ2) is 6.08. The molecule has 0 radical (unpaired) electrons. The maximum absolute atomic E-state index is 6.08. The van der Waals surface area contributed by atoms with Gasteiger partial charge in [-0.25, -0.2) is 0 Å². The fourth-order valence-electron chi connectivity index (χ4n) is 3.07. The van der Waals surface area contributed by atoms with Crippen LogP contribution in [0.15, 0.2) is 36.4 Å². The van der Waals surface area contributed by atoms with Crippen molar-refractivity contribution in [2.75, 3.05) is 13.1 Å². The molecule has 1 aromatic heterocycles. The number of nitrogens with zero attached hydrogens (tertiary/aromatic N) is 1. The third kappa shape index (κ3) is 2.80. The number of fused-ring (bicyclic) bond motifs is 1. The van der Waals surface area contributed by atoms with E-state index in [1.807, 2.05) is 11.3 Å². The van der Waals surface area contributed by atoms with E-state index in [9.17, 15) is 0 Å². The van der Waals surface area contributed by atoms with E-state index in [2.05, 4.69) is 48.2 Å². The van der Waals surface area contributed by atoms with Crippen LogP contribution in [0.25, 0.3) is 0 Å². The van der Waals surface area contributed by atoms with Crippen molar-refractivity contribution in [1.82, 2.24) is 4.90 Å². The highest BCUT2D eigenvalue weighted by Crippen LogP contribution is 2.30. The average molecular weight is 286 g/mol. The van der Waals surface area contributed by atoms with Crippen LogP contribution in [0.3, 0.4) is 0 Å². The zero-order chi connectivity index (χ0) is 13.9. The molecule has 3 rings (SSSR count). The van der Waals surface area contributed by atoms with Gasteiger partial charge in [0, 0.05) is 22.8 Å². The lowest BCUT2D eigenvalue weighted by atomic mass is 10.0. The summed E-state index contributed by atoms with van der Waals surface area (Å²) in [5.74, 6) is 0. The predicted molar refractivity (Wildman–Crippen MR) is 86.0 cm³/mol. The Kier molecular flexibility index (Phi) is 4.20. The average Bonchev–Trinajstić information content (AvgIpc) is 2.76. The molecular weight excluding hydrogens is 264 g/mol. The summed E-state index contributed by atoms with van der Waals surface area (Å²) in [6.45, 7) is 5.02. The van der Waals surface area contributed by atoms with Gasteiger partial charge in [-0.2, -0.15) is 0 Å². The Morgan fingerprint density at radius 1 is 1.20 bits per heavy atom. The van der Waals surface area contributed by atoms with E-state index in [1.165, 1.54) is 33.7 Å². The summed E-state index contributed by atoms with van der Waals surface area (Å²) in [4.78, 5) is 5.33. The van der Waals surface area contributed by atoms with E-state index < -0.39 is 0 Å². The molecule has 1 aromatic carbocycles. The van der Waals surface area contributed by atoms with Crippen LogP contribution >= 0.6 is 11.3 Å². The molecule has 0 saturated heterocycles. The number of nitrogens with two attached hydrogens (primary N) is 1. The number of aryl methyl sites for hydroxylation is 2. The third-order valence-corrected chi connectivity index (χ3v) is 5.24. The van der Waals surface area contributed by atoms with E-state index in [-0.39, 0.29) is 0 Å².